The summed E-state index contributed by atoms with van der Waals surface area (Å²) in [5, 5.41) is 9.78. The van der Waals surface area contributed by atoms with Crippen molar-refractivity contribution in [1.82, 2.24) is 4.90 Å². The molecule has 0 radical (unpaired) electrons. The van der Waals surface area contributed by atoms with Crippen LogP contribution in [0.5, 0.6) is 0 Å². The summed E-state index contributed by atoms with van der Waals surface area (Å²) < 4.78 is 0. The second-order valence-corrected chi connectivity index (χ2v) is 5.55. The minimum atomic E-state index is -0.424. The topological polar surface area (TPSA) is 27.0 Å². The molecule has 1 aromatic rings. The van der Waals surface area contributed by atoms with Gasteiger partial charge in [-0.25, -0.2) is 0 Å². The molecule has 0 amide bonds. The standard InChI is InChI=1S/C15H22N2S/c1-4-10-15(12-16,11-14(18)17(2)3)13-8-6-5-7-9-13/h5-9,14,18H,4,10-11H2,1-3H3. The first-order valence-electron chi connectivity index (χ1n) is 6.37. The van der Waals surface area contributed by atoms with E-state index in [0.717, 1.165) is 24.8 Å². The summed E-state index contributed by atoms with van der Waals surface area (Å²) in [4.78, 5) is 2.05. The first-order valence-corrected chi connectivity index (χ1v) is 6.88. The summed E-state index contributed by atoms with van der Waals surface area (Å²) in [6.45, 7) is 2.12. The molecule has 3 heteroatoms. The SMILES string of the molecule is CCCC(C#N)(CC(S)N(C)C)c1ccccc1. The normalized spacial score (nSPS) is 16.0. The molecule has 0 spiro atoms. The first kappa shape index (κ1) is 15.1. The molecule has 0 aliphatic heterocycles. The van der Waals surface area contributed by atoms with E-state index in [4.69, 9.17) is 0 Å². The second kappa shape index (κ2) is 6.82. The Bertz CT molecular complexity index is 397. The summed E-state index contributed by atoms with van der Waals surface area (Å²) >= 11 is 4.59. The number of hydrogen-bond donors (Lipinski definition) is 1. The van der Waals surface area contributed by atoms with Gasteiger partial charge in [0.1, 0.15) is 0 Å². The third-order valence-electron chi connectivity index (χ3n) is 3.34. The van der Waals surface area contributed by atoms with Crippen LogP contribution in [0.15, 0.2) is 30.3 Å². The van der Waals surface area contributed by atoms with E-state index in [1.165, 1.54) is 0 Å². The Morgan fingerprint density at radius 3 is 2.39 bits per heavy atom. The number of hydrogen-bond acceptors (Lipinski definition) is 3. The van der Waals surface area contributed by atoms with Gasteiger partial charge in [0.25, 0.3) is 0 Å². The van der Waals surface area contributed by atoms with Crippen molar-refractivity contribution in [2.75, 3.05) is 14.1 Å². The largest absolute Gasteiger partial charge is 0.298 e. The van der Waals surface area contributed by atoms with Gasteiger partial charge in [0.2, 0.25) is 0 Å². The Hall–Kier alpha value is -0.980. The van der Waals surface area contributed by atoms with Gasteiger partial charge in [-0.2, -0.15) is 17.9 Å². The molecule has 0 aromatic heterocycles. The van der Waals surface area contributed by atoms with Gasteiger partial charge in [-0.3, -0.25) is 4.90 Å². The van der Waals surface area contributed by atoms with Gasteiger partial charge in [-0.05, 0) is 32.5 Å². The quantitative estimate of drug-likeness (QED) is 0.628. The van der Waals surface area contributed by atoms with Gasteiger partial charge in [0, 0.05) is 0 Å². The van der Waals surface area contributed by atoms with Crippen LogP contribution in [0, 0.1) is 11.3 Å². The van der Waals surface area contributed by atoms with Crippen LogP contribution in [0.4, 0.5) is 0 Å². The van der Waals surface area contributed by atoms with Gasteiger partial charge in [0.05, 0.1) is 16.9 Å². The van der Waals surface area contributed by atoms with Crippen LogP contribution in [-0.4, -0.2) is 24.4 Å². The minimum absolute atomic E-state index is 0.0939. The number of rotatable bonds is 6. The number of nitriles is 1. The Morgan fingerprint density at radius 2 is 1.94 bits per heavy atom. The predicted molar refractivity (Wildman–Crippen MR) is 79.7 cm³/mol. The first-order chi connectivity index (χ1) is 8.55. The van der Waals surface area contributed by atoms with Crippen molar-refractivity contribution in [3.63, 3.8) is 0 Å². The summed E-state index contributed by atoms with van der Waals surface area (Å²) in [6, 6.07) is 12.6. The van der Waals surface area contributed by atoms with E-state index in [9.17, 15) is 5.26 Å². The highest BCUT2D eigenvalue weighted by Gasteiger charge is 2.33. The van der Waals surface area contributed by atoms with E-state index in [0.29, 0.717) is 0 Å². The number of benzene rings is 1. The zero-order valence-corrected chi connectivity index (χ0v) is 12.3. The van der Waals surface area contributed by atoms with Crippen molar-refractivity contribution in [2.24, 2.45) is 0 Å². The van der Waals surface area contributed by atoms with Crippen LogP contribution in [0.2, 0.25) is 0 Å². The highest BCUT2D eigenvalue weighted by Crippen LogP contribution is 2.35. The molecule has 0 heterocycles. The van der Waals surface area contributed by atoms with E-state index in [1.807, 2.05) is 37.2 Å². The average molecular weight is 262 g/mol. The molecule has 1 aromatic carbocycles. The third kappa shape index (κ3) is 3.51. The molecular formula is C15H22N2S. The van der Waals surface area contributed by atoms with Crippen LogP contribution in [0.3, 0.4) is 0 Å². The molecule has 0 aliphatic rings. The number of nitrogens with zero attached hydrogens (tertiary/aromatic N) is 2. The van der Waals surface area contributed by atoms with E-state index < -0.39 is 5.41 Å². The smallest absolute Gasteiger partial charge is 0.0845 e. The van der Waals surface area contributed by atoms with Crippen molar-refractivity contribution < 1.29 is 0 Å². The predicted octanol–water partition coefficient (Wildman–Crippen LogP) is 3.46. The molecule has 0 bridgehead atoms. The van der Waals surface area contributed by atoms with Crippen molar-refractivity contribution in [2.45, 2.75) is 37.0 Å². The van der Waals surface area contributed by atoms with Gasteiger partial charge < -0.3 is 0 Å². The van der Waals surface area contributed by atoms with E-state index >= 15 is 0 Å². The Labute approximate surface area is 116 Å². The van der Waals surface area contributed by atoms with E-state index in [-0.39, 0.29) is 5.37 Å². The van der Waals surface area contributed by atoms with Crippen molar-refractivity contribution in [3.05, 3.63) is 35.9 Å². The van der Waals surface area contributed by atoms with Crippen LogP contribution in [0.25, 0.3) is 0 Å². The van der Waals surface area contributed by atoms with Crippen LogP contribution in [0.1, 0.15) is 31.7 Å². The lowest BCUT2D eigenvalue weighted by molar-refractivity contribution is 0.315. The highest BCUT2D eigenvalue weighted by atomic mass is 32.1. The summed E-state index contributed by atoms with van der Waals surface area (Å²) in [5.41, 5.74) is 0.683. The van der Waals surface area contributed by atoms with Crippen LogP contribution < -0.4 is 0 Å². The Morgan fingerprint density at radius 1 is 1.33 bits per heavy atom. The van der Waals surface area contributed by atoms with Gasteiger partial charge in [-0.1, -0.05) is 43.7 Å². The molecule has 0 N–H and O–H groups in total. The molecular weight excluding hydrogens is 240 g/mol. The maximum Gasteiger partial charge on any atom is 0.0845 e. The summed E-state index contributed by atoms with van der Waals surface area (Å²) in [5.74, 6) is 0. The molecule has 0 saturated heterocycles. The molecule has 0 aliphatic carbocycles. The van der Waals surface area contributed by atoms with E-state index in [2.05, 4.69) is 37.8 Å². The molecule has 0 fully saturated rings. The summed E-state index contributed by atoms with van der Waals surface area (Å²) in [7, 11) is 3.99. The molecule has 98 valence electrons. The third-order valence-corrected chi connectivity index (χ3v) is 3.99. The summed E-state index contributed by atoms with van der Waals surface area (Å²) in [6.07, 6.45) is 2.62. The maximum absolute atomic E-state index is 9.69. The van der Waals surface area contributed by atoms with Crippen LogP contribution >= 0.6 is 12.6 Å². The maximum atomic E-state index is 9.69. The Balaban J connectivity index is 3.07. The van der Waals surface area contributed by atoms with Gasteiger partial charge >= 0.3 is 0 Å². The average Bonchev–Trinajstić information content (AvgIpc) is 2.39. The molecule has 0 saturated carbocycles. The zero-order chi connectivity index (χ0) is 13.6. The second-order valence-electron chi connectivity index (χ2n) is 4.96. The van der Waals surface area contributed by atoms with E-state index in [1.54, 1.807) is 0 Å². The number of thiol groups is 1. The fourth-order valence-corrected chi connectivity index (χ4v) is 2.52. The Kier molecular flexibility index (Phi) is 5.71. The molecule has 1 rings (SSSR count). The molecule has 2 unspecified atom stereocenters. The van der Waals surface area contributed by atoms with Crippen LogP contribution in [-0.2, 0) is 5.41 Å². The fraction of sp³-hybridized carbons (Fsp3) is 0.533. The van der Waals surface area contributed by atoms with Gasteiger partial charge in [0.15, 0.2) is 0 Å². The van der Waals surface area contributed by atoms with Crippen molar-refractivity contribution in [1.29, 1.82) is 5.26 Å². The lowest BCUT2D eigenvalue weighted by atomic mass is 9.75. The van der Waals surface area contributed by atoms with Gasteiger partial charge in [-0.15, -0.1) is 0 Å². The monoisotopic (exact) mass is 262 g/mol. The fourth-order valence-electron chi connectivity index (χ4n) is 2.21. The zero-order valence-electron chi connectivity index (χ0n) is 11.4. The molecule has 2 atom stereocenters. The molecule has 18 heavy (non-hydrogen) atoms. The lowest BCUT2D eigenvalue weighted by Crippen LogP contribution is -2.34. The molecule has 2 nitrogen and oxygen atoms in total. The van der Waals surface area contributed by atoms with Crippen molar-refractivity contribution in [3.8, 4) is 6.07 Å². The van der Waals surface area contributed by atoms with Crippen molar-refractivity contribution >= 4 is 12.6 Å². The lowest BCUT2D eigenvalue weighted by Gasteiger charge is -2.32. The minimum Gasteiger partial charge on any atom is -0.298 e. The highest BCUT2D eigenvalue weighted by molar-refractivity contribution is 7.80.